The van der Waals surface area contributed by atoms with E-state index in [2.05, 4.69) is 37.5 Å². The Bertz CT molecular complexity index is 789. The third-order valence-electron chi connectivity index (χ3n) is 2.70. The average molecular weight is 300 g/mol. The zero-order chi connectivity index (χ0) is 13.9. The quantitative estimate of drug-likeness (QED) is 0.542. The van der Waals surface area contributed by atoms with E-state index >= 15 is 0 Å². The molecular weight excluding hydrogens is 292 g/mol. The number of nitrogens with zero attached hydrogens (tertiary/aromatic N) is 4. The average Bonchev–Trinajstić information content (AvgIpc) is 3.11. The van der Waals surface area contributed by atoms with E-state index in [4.69, 9.17) is 4.52 Å². The third-order valence-corrected chi connectivity index (χ3v) is 3.38. The van der Waals surface area contributed by atoms with E-state index < -0.39 is 0 Å². The maximum Gasteiger partial charge on any atom is 0.258 e. The molecule has 0 fully saturated rings. The summed E-state index contributed by atoms with van der Waals surface area (Å²) in [5.74, 6) is 0.939. The van der Waals surface area contributed by atoms with Crippen molar-refractivity contribution in [1.29, 1.82) is 0 Å². The smallest absolute Gasteiger partial charge is 0.258 e. The van der Waals surface area contributed by atoms with Crippen molar-refractivity contribution in [2.45, 2.75) is 6.92 Å². The lowest BCUT2D eigenvalue weighted by Crippen LogP contribution is -1.82. The molecule has 3 rings (SSSR count). The van der Waals surface area contributed by atoms with Crippen molar-refractivity contribution in [1.82, 2.24) is 15.1 Å². The van der Waals surface area contributed by atoms with Gasteiger partial charge in [-0.1, -0.05) is 5.16 Å². The van der Waals surface area contributed by atoms with Gasteiger partial charge in [0.1, 0.15) is 5.69 Å². The highest BCUT2D eigenvalue weighted by molar-refractivity contribution is 7.78. The number of benzene rings is 1. The number of hydrogen-bond donors (Lipinski definition) is 0. The van der Waals surface area contributed by atoms with Gasteiger partial charge in [-0.3, -0.25) is 0 Å². The van der Waals surface area contributed by atoms with Gasteiger partial charge in [-0.05, 0) is 42.9 Å². The number of thiazole rings is 1. The Labute approximate surface area is 124 Å². The first-order chi connectivity index (χ1) is 9.78. The third kappa shape index (κ3) is 2.42. The molecule has 0 atom stereocenters. The lowest BCUT2D eigenvalue weighted by Gasteiger charge is -1.99. The fraction of sp³-hybridized carbons (Fsp3) is 0.0769. The van der Waals surface area contributed by atoms with Crippen LogP contribution in [0.5, 0.6) is 0 Å². The van der Waals surface area contributed by atoms with E-state index in [0.29, 0.717) is 17.4 Å². The summed E-state index contributed by atoms with van der Waals surface area (Å²) in [6, 6.07) is 5.62. The van der Waals surface area contributed by atoms with Crippen LogP contribution in [0.4, 0.5) is 5.69 Å². The highest BCUT2D eigenvalue weighted by atomic mass is 32.1. The number of aromatic nitrogens is 3. The predicted octanol–water partition coefficient (Wildman–Crippen LogP) is 3.90. The van der Waals surface area contributed by atoms with E-state index in [1.165, 1.54) is 11.3 Å². The molecule has 0 spiro atoms. The van der Waals surface area contributed by atoms with E-state index in [9.17, 15) is 0 Å². The first-order valence-corrected chi connectivity index (χ1v) is 7.04. The monoisotopic (exact) mass is 300 g/mol. The van der Waals surface area contributed by atoms with Crippen LogP contribution in [0.2, 0.25) is 0 Å². The van der Waals surface area contributed by atoms with Gasteiger partial charge in [0.2, 0.25) is 5.82 Å². The molecule has 0 aliphatic rings. The normalized spacial score (nSPS) is 10.2. The van der Waals surface area contributed by atoms with Crippen molar-refractivity contribution in [3.8, 4) is 23.0 Å². The molecule has 7 heteroatoms. The minimum Gasteiger partial charge on any atom is -0.334 e. The van der Waals surface area contributed by atoms with Crippen LogP contribution in [0.15, 0.2) is 38.6 Å². The summed E-state index contributed by atoms with van der Waals surface area (Å²) in [4.78, 5) is 12.5. The summed E-state index contributed by atoms with van der Waals surface area (Å²) in [5, 5.41) is 8.16. The van der Waals surface area contributed by atoms with Crippen LogP contribution in [-0.4, -0.2) is 20.3 Å². The molecule has 20 heavy (non-hydrogen) atoms. The molecular formula is C13H8N4OS2. The van der Waals surface area contributed by atoms with Gasteiger partial charge < -0.3 is 4.52 Å². The summed E-state index contributed by atoms with van der Waals surface area (Å²) < 4.78 is 5.27. The first kappa shape index (κ1) is 12.8. The molecule has 0 saturated heterocycles. The van der Waals surface area contributed by atoms with Gasteiger partial charge in [0.15, 0.2) is 0 Å². The number of aryl methyl sites for hydroxylation is 1. The molecule has 0 unspecified atom stereocenters. The minimum atomic E-state index is 0.453. The molecule has 1 aromatic carbocycles. The van der Waals surface area contributed by atoms with Crippen molar-refractivity contribution >= 4 is 34.4 Å². The van der Waals surface area contributed by atoms with Crippen molar-refractivity contribution in [3.63, 3.8) is 0 Å². The maximum atomic E-state index is 5.27. The van der Waals surface area contributed by atoms with Crippen LogP contribution in [0, 0.1) is 6.92 Å². The Morgan fingerprint density at radius 3 is 3.00 bits per heavy atom. The summed E-state index contributed by atoms with van der Waals surface area (Å²) in [7, 11) is 0. The lowest BCUT2D eigenvalue weighted by atomic mass is 10.1. The maximum absolute atomic E-state index is 5.27. The van der Waals surface area contributed by atoms with Crippen molar-refractivity contribution in [2.24, 2.45) is 4.99 Å². The van der Waals surface area contributed by atoms with Gasteiger partial charge in [0, 0.05) is 10.9 Å². The van der Waals surface area contributed by atoms with Crippen LogP contribution >= 0.6 is 23.6 Å². The molecule has 3 aromatic rings. The molecule has 0 aliphatic heterocycles. The summed E-state index contributed by atoms with van der Waals surface area (Å²) in [6.45, 7) is 1.94. The summed E-state index contributed by atoms with van der Waals surface area (Å²) in [6.07, 6.45) is 0. The largest absolute Gasteiger partial charge is 0.334 e. The Morgan fingerprint density at radius 2 is 2.30 bits per heavy atom. The SMILES string of the molecule is Cc1cc(-c2nc(-c3cscn3)no2)ccc1N=C=S. The second-order valence-electron chi connectivity index (χ2n) is 4.00. The fourth-order valence-corrected chi connectivity index (χ4v) is 2.36. The summed E-state index contributed by atoms with van der Waals surface area (Å²) in [5.41, 5.74) is 5.02. The number of isothiocyanates is 1. The standard InChI is InChI=1S/C13H8N4OS2/c1-8-4-9(2-3-10(8)14-6-19)13-16-12(17-18-13)11-5-20-7-15-11/h2-5,7H,1H3. The fourth-order valence-electron chi connectivity index (χ4n) is 1.73. The Hall–Kier alpha value is -2.21. The Morgan fingerprint density at radius 1 is 1.40 bits per heavy atom. The van der Waals surface area contributed by atoms with Crippen LogP contribution in [0.25, 0.3) is 23.0 Å². The van der Waals surface area contributed by atoms with Gasteiger partial charge >= 0.3 is 0 Å². The van der Waals surface area contributed by atoms with Crippen LogP contribution in [0.3, 0.4) is 0 Å². The zero-order valence-electron chi connectivity index (χ0n) is 10.4. The molecule has 0 N–H and O–H groups in total. The predicted molar refractivity (Wildman–Crippen MR) is 80.3 cm³/mol. The number of thiocarbonyl (C=S) groups is 1. The molecule has 98 valence electrons. The van der Waals surface area contributed by atoms with E-state index in [1.54, 1.807) is 5.51 Å². The van der Waals surface area contributed by atoms with Crippen LogP contribution in [-0.2, 0) is 0 Å². The highest BCUT2D eigenvalue weighted by Gasteiger charge is 2.12. The molecule has 0 saturated carbocycles. The molecule has 0 bridgehead atoms. The van der Waals surface area contributed by atoms with Crippen molar-refractivity contribution < 1.29 is 4.52 Å². The van der Waals surface area contributed by atoms with Crippen LogP contribution in [0.1, 0.15) is 5.56 Å². The van der Waals surface area contributed by atoms with E-state index in [0.717, 1.165) is 16.8 Å². The topological polar surface area (TPSA) is 64.2 Å². The summed E-state index contributed by atoms with van der Waals surface area (Å²) >= 11 is 6.09. The second-order valence-corrected chi connectivity index (χ2v) is 4.90. The molecule has 0 radical (unpaired) electrons. The molecule has 0 amide bonds. The van der Waals surface area contributed by atoms with Gasteiger partial charge in [0.25, 0.3) is 5.89 Å². The number of aliphatic imine (C=N–C) groups is 1. The molecule has 0 aliphatic carbocycles. The van der Waals surface area contributed by atoms with Gasteiger partial charge in [-0.25, -0.2) is 4.98 Å². The Balaban J connectivity index is 1.97. The van der Waals surface area contributed by atoms with E-state index in [-0.39, 0.29) is 0 Å². The Kier molecular flexibility index (Phi) is 3.47. The first-order valence-electron chi connectivity index (χ1n) is 5.69. The number of hydrogen-bond acceptors (Lipinski definition) is 7. The second kappa shape index (κ2) is 5.42. The van der Waals surface area contributed by atoms with Crippen molar-refractivity contribution in [3.05, 3.63) is 34.7 Å². The van der Waals surface area contributed by atoms with Gasteiger partial charge in [-0.15, -0.1) is 11.3 Å². The van der Waals surface area contributed by atoms with Gasteiger partial charge in [-0.2, -0.15) is 9.98 Å². The van der Waals surface area contributed by atoms with Crippen LogP contribution < -0.4 is 0 Å². The van der Waals surface area contributed by atoms with Crippen molar-refractivity contribution in [2.75, 3.05) is 0 Å². The highest BCUT2D eigenvalue weighted by Crippen LogP contribution is 2.26. The van der Waals surface area contributed by atoms with Gasteiger partial charge in [0.05, 0.1) is 16.4 Å². The number of rotatable bonds is 3. The minimum absolute atomic E-state index is 0.453. The van der Waals surface area contributed by atoms with E-state index in [1.807, 2.05) is 30.5 Å². The zero-order valence-corrected chi connectivity index (χ0v) is 12.0. The molecule has 2 heterocycles. The molecule has 5 nitrogen and oxygen atoms in total. The lowest BCUT2D eigenvalue weighted by molar-refractivity contribution is 0.432. The molecule has 2 aromatic heterocycles.